The van der Waals surface area contributed by atoms with Crippen LogP contribution in [0.5, 0.6) is 5.75 Å². The van der Waals surface area contributed by atoms with Crippen LogP contribution in [0.4, 0.5) is 0 Å². The van der Waals surface area contributed by atoms with Crippen molar-refractivity contribution in [2.45, 2.75) is 29.9 Å². The predicted molar refractivity (Wildman–Crippen MR) is 103 cm³/mol. The fraction of sp³-hybridized carbons (Fsp3) is 0.368. The van der Waals surface area contributed by atoms with E-state index < -0.39 is 9.84 Å². The zero-order chi connectivity index (χ0) is 18.5. The molecule has 2 aromatic carbocycles. The lowest BCUT2D eigenvalue weighted by Gasteiger charge is -2.39. The molecular weight excluding hydrogens is 393 g/mol. The van der Waals surface area contributed by atoms with Gasteiger partial charge in [0.25, 0.3) is 0 Å². The van der Waals surface area contributed by atoms with Gasteiger partial charge in [0, 0.05) is 21.9 Å². The maximum atomic E-state index is 12.1. The minimum atomic E-state index is -3.39. The summed E-state index contributed by atoms with van der Waals surface area (Å²) in [5.74, 6) is 0.370. The minimum Gasteiger partial charge on any atom is -0.483 e. The molecular formula is C19H19Cl2NO3S. The Balaban J connectivity index is 1.77. The molecule has 0 saturated carbocycles. The van der Waals surface area contributed by atoms with Crippen molar-refractivity contribution < 1.29 is 13.2 Å². The molecule has 0 N–H and O–H groups in total. The summed E-state index contributed by atoms with van der Waals surface area (Å²) < 4.78 is 30.6. The van der Waals surface area contributed by atoms with E-state index in [1.165, 1.54) is 6.26 Å². The average Bonchev–Trinajstić information content (AvgIpc) is 2.84. The molecule has 0 bridgehead atoms. The van der Waals surface area contributed by atoms with Gasteiger partial charge in [-0.05, 0) is 55.8 Å². The number of halogens is 2. The van der Waals surface area contributed by atoms with Crippen LogP contribution in [0.25, 0.3) is 0 Å². The highest BCUT2D eigenvalue weighted by Gasteiger charge is 2.41. The molecule has 138 valence electrons. The molecule has 1 aliphatic carbocycles. The summed E-state index contributed by atoms with van der Waals surface area (Å²) in [5, 5.41) is 1.20. The van der Waals surface area contributed by atoms with Crippen LogP contribution in [-0.4, -0.2) is 38.7 Å². The molecule has 2 aromatic rings. The maximum Gasteiger partial charge on any atom is 0.179 e. The van der Waals surface area contributed by atoms with Crippen LogP contribution in [0.3, 0.4) is 0 Å². The molecule has 1 heterocycles. The van der Waals surface area contributed by atoms with Gasteiger partial charge in [0.1, 0.15) is 16.7 Å². The minimum absolute atomic E-state index is 0.127. The number of hydrogen-bond donors (Lipinski definition) is 0. The van der Waals surface area contributed by atoms with Gasteiger partial charge >= 0.3 is 0 Å². The summed E-state index contributed by atoms with van der Waals surface area (Å²) in [6.07, 6.45) is 2.83. The van der Waals surface area contributed by atoms with Crippen molar-refractivity contribution >= 4 is 33.0 Å². The first-order valence-electron chi connectivity index (χ1n) is 8.52. The first-order valence-corrected chi connectivity index (χ1v) is 11.2. The summed E-state index contributed by atoms with van der Waals surface area (Å²) in [4.78, 5) is 2.56. The normalized spacial score (nSPS) is 22.7. The molecule has 2 atom stereocenters. The molecule has 0 radical (unpaired) electrons. The third-order valence-corrected chi connectivity index (χ3v) is 6.82. The summed E-state index contributed by atoms with van der Waals surface area (Å²) in [5.41, 5.74) is 1.98. The highest BCUT2D eigenvalue weighted by molar-refractivity contribution is 7.90. The Hall–Kier alpha value is -1.27. The lowest BCUT2D eigenvalue weighted by atomic mass is 10.1. The van der Waals surface area contributed by atoms with E-state index in [1.54, 1.807) is 30.3 Å². The molecule has 2 aliphatic rings. The molecule has 1 saturated heterocycles. The van der Waals surface area contributed by atoms with Crippen molar-refractivity contribution in [3.63, 3.8) is 0 Å². The van der Waals surface area contributed by atoms with Gasteiger partial charge in [-0.2, -0.15) is 0 Å². The Bertz CT molecular complexity index is 957. The Morgan fingerprint density at radius 1 is 1.15 bits per heavy atom. The standard InChI is InChI=1S/C19H19Cl2NO3S/c1-26(23,24)18-6-3-2-5-17(18)25-19-14-9-12(20)10-15(21)13(14)11-16(19)22-7-4-8-22/h2-3,5-6,9-10,16,19H,4,7-8,11H2,1H3/t16-,19-/m0/s1. The zero-order valence-electron chi connectivity index (χ0n) is 14.3. The van der Waals surface area contributed by atoms with Crippen molar-refractivity contribution in [1.29, 1.82) is 0 Å². The average molecular weight is 412 g/mol. The van der Waals surface area contributed by atoms with Gasteiger partial charge in [0.15, 0.2) is 9.84 Å². The summed E-state index contributed by atoms with van der Waals surface area (Å²) in [6, 6.07) is 10.5. The van der Waals surface area contributed by atoms with Gasteiger partial charge in [0.2, 0.25) is 0 Å². The summed E-state index contributed by atoms with van der Waals surface area (Å²) in [6.45, 7) is 2.02. The molecule has 7 heteroatoms. The van der Waals surface area contributed by atoms with Gasteiger partial charge in [0.05, 0.1) is 6.04 Å². The lowest BCUT2D eigenvalue weighted by Crippen LogP contribution is -2.48. The van der Waals surface area contributed by atoms with E-state index in [4.69, 9.17) is 27.9 Å². The molecule has 1 fully saturated rings. The predicted octanol–water partition coefficient (Wildman–Crippen LogP) is 4.15. The monoisotopic (exact) mass is 411 g/mol. The Kier molecular flexibility index (Phi) is 4.68. The molecule has 26 heavy (non-hydrogen) atoms. The number of benzene rings is 2. The van der Waals surface area contributed by atoms with Crippen LogP contribution in [0.15, 0.2) is 41.3 Å². The fourth-order valence-corrected chi connectivity index (χ4v) is 5.14. The van der Waals surface area contributed by atoms with Crippen LogP contribution in [0.2, 0.25) is 10.0 Å². The number of rotatable bonds is 4. The summed E-state index contributed by atoms with van der Waals surface area (Å²) >= 11 is 12.7. The van der Waals surface area contributed by atoms with Gasteiger partial charge in [-0.25, -0.2) is 8.42 Å². The maximum absolute atomic E-state index is 12.1. The van der Waals surface area contributed by atoms with Crippen molar-refractivity contribution in [3.8, 4) is 5.75 Å². The van der Waals surface area contributed by atoms with Crippen molar-refractivity contribution in [2.75, 3.05) is 19.3 Å². The zero-order valence-corrected chi connectivity index (χ0v) is 16.6. The smallest absolute Gasteiger partial charge is 0.179 e. The van der Waals surface area contributed by atoms with Gasteiger partial charge in [-0.1, -0.05) is 35.3 Å². The quantitative estimate of drug-likeness (QED) is 0.757. The lowest BCUT2D eigenvalue weighted by molar-refractivity contribution is 0.0372. The van der Waals surface area contributed by atoms with E-state index in [9.17, 15) is 8.42 Å². The molecule has 0 aromatic heterocycles. The molecule has 4 nitrogen and oxygen atoms in total. The van der Waals surface area contributed by atoms with E-state index in [-0.39, 0.29) is 17.0 Å². The molecule has 1 aliphatic heterocycles. The first kappa shape index (κ1) is 18.1. The van der Waals surface area contributed by atoms with Crippen LogP contribution in [-0.2, 0) is 16.3 Å². The molecule has 0 amide bonds. The van der Waals surface area contributed by atoms with E-state index in [0.717, 1.165) is 37.1 Å². The first-order chi connectivity index (χ1) is 12.3. The number of para-hydroxylation sites is 1. The van der Waals surface area contributed by atoms with E-state index in [0.29, 0.717) is 15.8 Å². The second-order valence-electron chi connectivity index (χ2n) is 6.87. The van der Waals surface area contributed by atoms with Crippen LogP contribution in [0, 0.1) is 0 Å². The highest BCUT2D eigenvalue weighted by Crippen LogP contribution is 2.44. The van der Waals surface area contributed by atoms with Crippen LogP contribution >= 0.6 is 23.2 Å². The molecule has 0 unspecified atom stereocenters. The van der Waals surface area contributed by atoms with Crippen molar-refractivity contribution in [3.05, 3.63) is 57.6 Å². The van der Waals surface area contributed by atoms with E-state index in [2.05, 4.69) is 4.90 Å². The SMILES string of the molecule is CS(=O)(=O)c1ccccc1O[C@H]1c2cc(Cl)cc(Cl)c2C[C@@H]1N1CCC1. The molecule has 0 spiro atoms. The van der Waals surface area contributed by atoms with Crippen molar-refractivity contribution in [1.82, 2.24) is 4.90 Å². The Morgan fingerprint density at radius 2 is 1.88 bits per heavy atom. The number of likely N-dealkylation sites (tertiary alicyclic amines) is 1. The number of sulfone groups is 1. The van der Waals surface area contributed by atoms with Crippen LogP contribution in [0.1, 0.15) is 23.7 Å². The number of nitrogens with zero attached hydrogens (tertiary/aromatic N) is 1. The van der Waals surface area contributed by atoms with Crippen molar-refractivity contribution in [2.24, 2.45) is 0 Å². The number of ether oxygens (including phenoxy) is 1. The largest absolute Gasteiger partial charge is 0.483 e. The van der Waals surface area contributed by atoms with Gasteiger partial charge in [-0.15, -0.1) is 0 Å². The van der Waals surface area contributed by atoms with Gasteiger partial charge < -0.3 is 4.74 Å². The van der Waals surface area contributed by atoms with Gasteiger partial charge in [-0.3, -0.25) is 4.90 Å². The third kappa shape index (κ3) is 3.22. The topological polar surface area (TPSA) is 46.6 Å². The number of fused-ring (bicyclic) bond motifs is 1. The Labute approximate surface area is 163 Å². The van der Waals surface area contributed by atoms with E-state index >= 15 is 0 Å². The fourth-order valence-electron chi connectivity index (χ4n) is 3.74. The highest BCUT2D eigenvalue weighted by atomic mass is 35.5. The Morgan fingerprint density at radius 3 is 2.54 bits per heavy atom. The second kappa shape index (κ2) is 6.71. The third-order valence-electron chi connectivity index (χ3n) is 5.13. The number of hydrogen-bond acceptors (Lipinski definition) is 4. The van der Waals surface area contributed by atoms with Crippen LogP contribution < -0.4 is 4.74 Å². The van der Waals surface area contributed by atoms with E-state index in [1.807, 2.05) is 6.07 Å². The molecule has 4 rings (SSSR count). The second-order valence-corrected chi connectivity index (χ2v) is 9.70. The summed E-state index contributed by atoms with van der Waals surface area (Å²) in [7, 11) is -3.39.